The number of alkyl halides is 3. The smallest absolute Gasteiger partial charge is 0.345 e. The highest BCUT2D eigenvalue weighted by atomic mass is 19.4. The normalized spacial score (nSPS) is 11.4. The van der Waals surface area contributed by atoms with Crippen LogP contribution in [0.4, 0.5) is 18.9 Å². The molecule has 0 atom stereocenters. The van der Waals surface area contributed by atoms with E-state index in [0.717, 1.165) is 12.1 Å². The number of nitrogens with zero attached hydrogens (tertiary/aromatic N) is 2. The second-order valence-corrected chi connectivity index (χ2v) is 8.36. The summed E-state index contributed by atoms with van der Waals surface area (Å²) >= 11 is 0. The van der Waals surface area contributed by atoms with E-state index in [1.54, 1.807) is 38.1 Å². The van der Waals surface area contributed by atoms with E-state index in [2.05, 4.69) is 15.7 Å². The molecule has 184 valence electrons. The van der Waals surface area contributed by atoms with Crippen molar-refractivity contribution in [2.75, 3.05) is 5.32 Å². The summed E-state index contributed by atoms with van der Waals surface area (Å²) in [4.78, 5) is 37.1. The Morgan fingerprint density at radius 3 is 2.29 bits per heavy atom. The van der Waals surface area contributed by atoms with Crippen molar-refractivity contribution < 1.29 is 27.6 Å². The SMILES string of the molecule is Cc1nn(-c2cccc(C(F)(F)F)c2)c(C)c1C(=O)C(=O)NCc1ccc(NC(=O)C(C)C)cc1. The third-order valence-electron chi connectivity index (χ3n) is 5.34. The topological polar surface area (TPSA) is 93.1 Å². The molecule has 0 fully saturated rings. The molecule has 1 aromatic heterocycles. The van der Waals surface area contributed by atoms with Gasteiger partial charge in [0, 0.05) is 18.2 Å². The molecule has 2 amide bonds. The summed E-state index contributed by atoms with van der Waals surface area (Å²) in [6.07, 6.45) is -4.52. The zero-order chi connectivity index (χ0) is 25.9. The van der Waals surface area contributed by atoms with Crippen molar-refractivity contribution >= 4 is 23.3 Å². The van der Waals surface area contributed by atoms with Crippen LogP contribution in [0.3, 0.4) is 0 Å². The van der Waals surface area contributed by atoms with Gasteiger partial charge in [0.25, 0.3) is 11.7 Å². The number of aryl methyl sites for hydroxylation is 1. The molecule has 0 unspecified atom stereocenters. The number of carbonyl (C=O) groups excluding carboxylic acids is 3. The van der Waals surface area contributed by atoms with E-state index in [-0.39, 0.29) is 41.0 Å². The minimum atomic E-state index is -4.52. The first-order valence-corrected chi connectivity index (χ1v) is 10.8. The Morgan fingerprint density at radius 1 is 1.03 bits per heavy atom. The van der Waals surface area contributed by atoms with Gasteiger partial charge in [-0.15, -0.1) is 0 Å². The molecule has 3 rings (SSSR count). The Balaban J connectivity index is 1.72. The first-order chi connectivity index (χ1) is 16.4. The number of ketones is 1. The van der Waals surface area contributed by atoms with Crippen LogP contribution in [0, 0.1) is 19.8 Å². The number of Topliss-reactive ketones (excluding diaryl/α,β-unsaturated/α-hetero) is 1. The summed E-state index contributed by atoms with van der Waals surface area (Å²) in [7, 11) is 0. The Kier molecular flexibility index (Phi) is 7.42. The highest BCUT2D eigenvalue weighted by molar-refractivity contribution is 6.43. The second kappa shape index (κ2) is 10.1. The van der Waals surface area contributed by atoms with E-state index in [1.807, 2.05) is 0 Å². The molecular formula is C25H25F3N4O3. The molecule has 0 aliphatic carbocycles. The predicted octanol–water partition coefficient (Wildman–Crippen LogP) is 4.60. The highest BCUT2D eigenvalue weighted by Crippen LogP contribution is 2.31. The average molecular weight is 486 g/mol. The molecule has 0 aliphatic rings. The third-order valence-corrected chi connectivity index (χ3v) is 5.34. The lowest BCUT2D eigenvalue weighted by atomic mass is 10.1. The van der Waals surface area contributed by atoms with E-state index in [1.165, 1.54) is 30.7 Å². The number of hydrogen-bond acceptors (Lipinski definition) is 4. The van der Waals surface area contributed by atoms with Gasteiger partial charge in [-0.05, 0) is 49.7 Å². The number of nitrogens with one attached hydrogen (secondary N) is 2. The fourth-order valence-electron chi connectivity index (χ4n) is 3.41. The molecule has 7 nitrogen and oxygen atoms in total. The van der Waals surface area contributed by atoms with Crippen LogP contribution in [0.25, 0.3) is 5.69 Å². The molecule has 3 aromatic rings. The lowest BCUT2D eigenvalue weighted by molar-refractivity contribution is -0.137. The van der Waals surface area contributed by atoms with Gasteiger partial charge >= 0.3 is 6.18 Å². The third kappa shape index (κ3) is 5.95. The first kappa shape index (κ1) is 25.7. The van der Waals surface area contributed by atoms with Gasteiger partial charge in [0.2, 0.25) is 5.91 Å². The molecule has 0 saturated heterocycles. The monoisotopic (exact) mass is 486 g/mol. The summed E-state index contributed by atoms with van der Waals surface area (Å²) in [5, 5.41) is 9.49. The van der Waals surface area contributed by atoms with Gasteiger partial charge in [0.1, 0.15) is 0 Å². The summed E-state index contributed by atoms with van der Waals surface area (Å²) in [6.45, 7) is 6.67. The molecule has 2 N–H and O–H groups in total. The number of benzene rings is 2. The zero-order valence-electron chi connectivity index (χ0n) is 19.7. The van der Waals surface area contributed by atoms with Gasteiger partial charge in [0.15, 0.2) is 0 Å². The summed E-state index contributed by atoms with van der Waals surface area (Å²) in [5.41, 5.74) is 1.13. The van der Waals surface area contributed by atoms with E-state index in [4.69, 9.17) is 0 Å². The van der Waals surface area contributed by atoms with Crippen LogP contribution in [-0.2, 0) is 22.3 Å². The van der Waals surface area contributed by atoms with Crippen molar-refractivity contribution in [2.45, 2.75) is 40.4 Å². The van der Waals surface area contributed by atoms with Crippen molar-refractivity contribution in [2.24, 2.45) is 5.92 Å². The van der Waals surface area contributed by atoms with Gasteiger partial charge in [-0.3, -0.25) is 14.4 Å². The lowest BCUT2D eigenvalue weighted by Gasteiger charge is -2.10. The van der Waals surface area contributed by atoms with Crippen LogP contribution >= 0.6 is 0 Å². The van der Waals surface area contributed by atoms with Crippen molar-refractivity contribution in [3.63, 3.8) is 0 Å². The minimum absolute atomic E-state index is 0.0339. The van der Waals surface area contributed by atoms with Gasteiger partial charge in [-0.2, -0.15) is 18.3 Å². The molecular weight excluding hydrogens is 461 g/mol. The maximum Gasteiger partial charge on any atom is 0.416 e. The maximum atomic E-state index is 13.1. The van der Waals surface area contributed by atoms with Crippen LogP contribution in [0.2, 0.25) is 0 Å². The van der Waals surface area contributed by atoms with E-state index in [0.29, 0.717) is 11.3 Å². The fraction of sp³-hybridized carbons (Fsp3) is 0.280. The van der Waals surface area contributed by atoms with Crippen LogP contribution < -0.4 is 10.6 Å². The van der Waals surface area contributed by atoms with Crippen molar-refractivity contribution in [1.29, 1.82) is 0 Å². The maximum absolute atomic E-state index is 13.1. The second-order valence-electron chi connectivity index (χ2n) is 8.36. The molecule has 1 heterocycles. The van der Waals surface area contributed by atoms with Gasteiger partial charge in [-0.25, -0.2) is 4.68 Å². The van der Waals surface area contributed by atoms with Crippen LogP contribution in [-0.4, -0.2) is 27.4 Å². The van der Waals surface area contributed by atoms with Gasteiger partial charge in [-0.1, -0.05) is 32.0 Å². The lowest BCUT2D eigenvalue weighted by Crippen LogP contribution is -2.31. The molecule has 0 bridgehead atoms. The number of carbonyl (C=O) groups is 3. The fourth-order valence-corrected chi connectivity index (χ4v) is 3.41. The Hall–Kier alpha value is -3.95. The Labute approximate surface area is 200 Å². The van der Waals surface area contributed by atoms with Crippen molar-refractivity contribution in [3.8, 4) is 5.69 Å². The van der Waals surface area contributed by atoms with Gasteiger partial charge < -0.3 is 10.6 Å². The van der Waals surface area contributed by atoms with E-state index < -0.39 is 23.4 Å². The Morgan fingerprint density at radius 2 is 1.69 bits per heavy atom. The average Bonchev–Trinajstić information content (AvgIpc) is 3.11. The summed E-state index contributed by atoms with van der Waals surface area (Å²) in [5.74, 6) is -1.98. The number of rotatable bonds is 7. The Bertz CT molecular complexity index is 1260. The largest absolute Gasteiger partial charge is 0.416 e. The number of hydrogen-bond donors (Lipinski definition) is 2. The first-order valence-electron chi connectivity index (χ1n) is 10.8. The zero-order valence-corrected chi connectivity index (χ0v) is 19.7. The standard InChI is InChI=1S/C25H25F3N4O3/c1-14(2)23(34)30-19-10-8-17(9-11-19)13-29-24(35)22(33)21-15(3)31-32(16(21)4)20-7-5-6-18(12-20)25(26,27)28/h5-12,14H,13H2,1-4H3,(H,29,35)(H,30,34). The van der Waals surface area contributed by atoms with E-state index in [9.17, 15) is 27.6 Å². The molecule has 2 aromatic carbocycles. The van der Waals surface area contributed by atoms with E-state index >= 15 is 0 Å². The summed E-state index contributed by atoms with van der Waals surface area (Å²) < 4.78 is 40.5. The molecule has 0 radical (unpaired) electrons. The number of anilines is 1. The molecule has 0 aliphatic heterocycles. The molecule has 0 saturated carbocycles. The number of halogens is 3. The molecule has 0 spiro atoms. The van der Waals surface area contributed by atoms with Crippen molar-refractivity contribution in [1.82, 2.24) is 15.1 Å². The highest BCUT2D eigenvalue weighted by Gasteiger charge is 2.31. The minimum Gasteiger partial charge on any atom is -0.345 e. The molecule has 35 heavy (non-hydrogen) atoms. The van der Waals surface area contributed by atoms with Crippen molar-refractivity contribution in [3.05, 3.63) is 76.6 Å². The quantitative estimate of drug-likeness (QED) is 0.377. The van der Waals surface area contributed by atoms with Gasteiger partial charge in [0.05, 0.1) is 28.2 Å². The predicted molar refractivity (Wildman–Crippen MR) is 124 cm³/mol. The van der Waals surface area contributed by atoms with Crippen LogP contribution in [0.15, 0.2) is 48.5 Å². The van der Waals surface area contributed by atoms with Crippen LogP contribution in [0.5, 0.6) is 0 Å². The number of aromatic nitrogens is 2. The van der Waals surface area contributed by atoms with Crippen LogP contribution in [0.1, 0.15) is 46.7 Å². The molecule has 10 heteroatoms. The number of amides is 2. The summed E-state index contributed by atoms with van der Waals surface area (Å²) in [6, 6.07) is 11.4.